The quantitative estimate of drug-likeness (QED) is 0.886. The summed E-state index contributed by atoms with van der Waals surface area (Å²) in [4.78, 5) is 24.9. The molecule has 2 rings (SSSR count). The first kappa shape index (κ1) is 13.6. The molecule has 1 saturated heterocycles. The van der Waals surface area contributed by atoms with Crippen LogP contribution in [0.2, 0.25) is 0 Å². The third-order valence-electron chi connectivity index (χ3n) is 3.56. The van der Waals surface area contributed by atoms with Crippen molar-refractivity contribution in [2.24, 2.45) is 5.92 Å². The molecule has 0 spiro atoms. The number of rotatable bonds is 3. The highest BCUT2D eigenvalue weighted by atomic mass is 16.4. The highest BCUT2D eigenvalue weighted by Crippen LogP contribution is 2.21. The molecule has 1 aliphatic heterocycles. The molecule has 2 atom stereocenters. The third-order valence-corrected chi connectivity index (χ3v) is 3.56. The normalized spacial score (nSPS) is 21.2. The van der Waals surface area contributed by atoms with Crippen molar-refractivity contribution in [2.45, 2.75) is 32.7 Å². The maximum atomic E-state index is 11.9. The first-order valence-corrected chi connectivity index (χ1v) is 6.55. The molecule has 104 valence electrons. The Bertz CT molecular complexity index is 526. The van der Waals surface area contributed by atoms with Gasteiger partial charge in [0.15, 0.2) is 6.04 Å². The molecule has 0 bridgehead atoms. The summed E-state index contributed by atoms with van der Waals surface area (Å²) in [5.74, 6) is -0.455. The van der Waals surface area contributed by atoms with E-state index in [9.17, 15) is 9.59 Å². The van der Waals surface area contributed by atoms with E-state index in [1.165, 1.54) is 19.4 Å². The van der Waals surface area contributed by atoms with Crippen LogP contribution in [0.15, 0.2) is 17.1 Å². The van der Waals surface area contributed by atoms with Gasteiger partial charge < -0.3 is 10.0 Å². The largest absolute Gasteiger partial charge is 0.480 e. The number of aromatic nitrogens is 2. The zero-order valence-electron chi connectivity index (χ0n) is 11.2. The molecular formula is C13H19N3O3. The lowest BCUT2D eigenvalue weighted by molar-refractivity contribution is -0.140. The van der Waals surface area contributed by atoms with Gasteiger partial charge in [0.1, 0.15) is 0 Å². The average molecular weight is 265 g/mol. The molecule has 1 N–H and O–H groups in total. The van der Waals surface area contributed by atoms with Gasteiger partial charge in [-0.2, -0.15) is 5.10 Å². The molecule has 6 heteroatoms. The van der Waals surface area contributed by atoms with Gasteiger partial charge in [0.25, 0.3) is 5.56 Å². The van der Waals surface area contributed by atoms with Gasteiger partial charge >= 0.3 is 5.97 Å². The Balaban J connectivity index is 2.23. The van der Waals surface area contributed by atoms with Gasteiger partial charge in [0.2, 0.25) is 0 Å². The van der Waals surface area contributed by atoms with E-state index in [1.807, 2.05) is 0 Å². The molecule has 1 aromatic rings. The number of anilines is 1. The lowest BCUT2D eigenvalue weighted by Crippen LogP contribution is -2.36. The van der Waals surface area contributed by atoms with Gasteiger partial charge in [-0.3, -0.25) is 4.79 Å². The molecule has 0 aliphatic carbocycles. The summed E-state index contributed by atoms with van der Waals surface area (Å²) in [5.41, 5.74) is 0.413. The third kappa shape index (κ3) is 2.94. The molecule has 1 aliphatic rings. The Labute approximate surface area is 111 Å². The highest BCUT2D eigenvalue weighted by molar-refractivity contribution is 5.71. The predicted molar refractivity (Wildman–Crippen MR) is 71.5 cm³/mol. The van der Waals surface area contributed by atoms with E-state index in [0.29, 0.717) is 5.92 Å². The highest BCUT2D eigenvalue weighted by Gasteiger charge is 2.20. The van der Waals surface area contributed by atoms with Crippen LogP contribution in [0.1, 0.15) is 32.7 Å². The monoisotopic (exact) mass is 265 g/mol. The molecule has 0 radical (unpaired) electrons. The summed E-state index contributed by atoms with van der Waals surface area (Å²) in [7, 11) is 0. The number of aliphatic carboxylic acids is 1. The van der Waals surface area contributed by atoms with Crippen molar-refractivity contribution in [2.75, 3.05) is 18.0 Å². The topological polar surface area (TPSA) is 75.4 Å². The van der Waals surface area contributed by atoms with Crippen LogP contribution in [0.4, 0.5) is 5.69 Å². The summed E-state index contributed by atoms with van der Waals surface area (Å²) >= 11 is 0. The van der Waals surface area contributed by atoms with Crippen LogP contribution in [-0.4, -0.2) is 33.9 Å². The molecule has 1 fully saturated rings. The van der Waals surface area contributed by atoms with Crippen molar-refractivity contribution in [3.05, 3.63) is 22.6 Å². The van der Waals surface area contributed by atoms with Crippen LogP contribution in [0.25, 0.3) is 0 Å². The van der Waals surface area contributed by atoms with Gasteiger partial charge in [-0.15, -0.1) is 0 Å². The Morgan fingerprint density at radius 1 is 1.58 bits per heavy atom. The minimum absolute atomic E-state index is 0.370. The Hall–Kier alpha value is -1.85. The zero-order valence-corrected chi connectivity index (χ0v) is 11.2. The second-order valence-electron chi connectivity index (χ2n) is 5.20. The molecule has 0 saturated carbocycles. The van der Waals surface area contributed by atoms with Crippen LogP contribution in [0.5, 0.6) is 0 Å². The fourth-order valence-corrected chi connectivity index (χ4v) is 2.40. The predicted octanol–water partition coefficient (Wildman–Crippen LogP) is 1.13. The van der Waals surface area contributed by atoms with Crippen molar-refractivity contribution in [3.63, 3.8) is 0 Å². The van der Waals surface area contributed by atoms with E-state index >= 15 is 0 Å². The van der Waals surface area contributed by atoms with Crippen LogP contribution >= 0.6 is 0 Å². The summed E-state index contributed by atoms with van der Waals surface area (Å²) in [6.45, 7) is 5.47. The second kappa shape index (κ2) is 5.42. The lowest BCUT2D eigenvalue weighted by atomic mass is 10.00. The first-order chi connectivity index (χ1) is 8.99. The van der Waals surface area contributed by atoms with Crippen LogP contribution in [-0.2, 0) is 4.79 Å². The van der Waals surface area contributed by atoms with Crippen LogP contribution in [0.3, 0.4) is 0 Å². The van der Waals surface area contributed by atoms with Crippen molar-refractivity contribution in [1.82, 2.24) is 9.78 Å². The minimum Gasteiger partial charge on any atom is -0.480 e. The van der Waals surface area contributed by atoms with Gasteiger partial charge in [0.05, 0.1) is 11.9 Å². The first-order valence-electron chi connectivity index (χ1n) is 6.55. The zero-order chi connectivity index (χ0) is 14.0. The SMILES string of the molecule is CC1CCCN(c2cnn(C(C)C(=O)O)c(=O)c2)C1. The number of hydrogen-bond donors (Lipinski definition) is 1. The molecule has 6 nitrogen and oxygen atoms in total. The Morgan fingerprint density at radius 2 is 2.32 bits per heavy atom. The summed E-state index contributed by atoms with van der Waals surface area (Å²) in [6.07, 6.45) is 3.89. The summed E-state index contributed by atoms with van der Waals surface area (Å²) < 4.78 is 0.999. The van der Waals surface area contributed by atoms with E-state index in [1.54, 1.807) is 6.20 Å². The van der Waals surface area contributed by atoms with Crippen LogP contribution < -0.4 is 10.5 Å². The summed E-state index contributed by atoms with van der Waals surface area (Å²) in [6, 6.07) is 0.534. The molecular weight excluding hydrogens is 246 g/mol. The maximum Gasteiger partial charge on any atom is 0.328 e. The summed E-state index contributed by atoms with van der Waals surface area (Å²) in [5, 5.41) is 12.9. The molecule has 1 aromatic heterocycles. The van der Waals surface area contributed by atoms with E-state index in [4.69, 9.17) is 5.11 Å². The fourth-order valence-electron chi connectivity index (χ4n) is 2.40. The van der Waals surface area contributed by atoms with Crippen LogP contribution in [0, 0.1) is 5.92 Å². The fraction of sp³-hybridized carbons (Fsp3) is 0.615. The molecule has 0 amide bonds. The minimum atomic E-state index is -1.06. The van der Waals surface area contributed by atoms with Gasteiger partial charge in [-0.25, -0.2) is 9.48 Å². The van der Waals surface area contributed by atoms with Gasteiger partial charge in [-0.1, -0.05) is 6.92 Å². The van der Waals surface area contributed by atoms with Crippen molar-refractivity contribution < 1.29 is 9.90 Å². The maximum absolute atomic E-state index is 11.9. The van der Waals surface area contributed by atoms with E-state index in [-0.39, 0.29) is 5.56 Å². The second-order valence-corrected chi connectivity index (χ2v) is 5.20. The van der Waals surface area contributed by atoms with Crippen molar-refractivity contribution in [3.8, 4) is 0 Å². The van der Waals surface area contributed by atoms with E-state index in [0.717, 1.165) is 29.9 Å². The number of nitrogens with zero attached hydrogens (tertiary/aromatic N) is 3. The smallest absolute Gasteiger partial charge is 0.328 e. The average Bonchev–Trinajstić information content (AvgIpc) is 2.37. The Morgan fingerprint density at radius 3 is 2.89 bits per heavy atom. The van der Waals surface area contributed by atoms with Crippen molar-refractivity contribution >= 4 is 11.7 Å². The van der Waals surface area contributed by atoms with Gasteiger partial charge in [0, 0.05) is 19.2 Å². The molecule has 2 unspecified atom stereocenters. The number of carbonyl (C=O) groups is 1. The number of hydrogen-bond acceptors (Lipinski definition) is 4. The Kier molecular flexibility index (Phi) is 3.87. The number of carboxylic acid groups (broad SMARTS) is 1. The molecule has 19 heavy (non-hydrogen) atoms. The van der Waals surface area contributed by atoms with E-state index in [2.05, 4.69) is 16.9 Å². The molecule has 0 aromatic carbocycles. The number of piperidine rings is 1. The van der Waals surface area contributed by atoms with E-state index < -0.39 is 12.0 Å². The van der Waals surface area contributed by atoms with Gasteiger partial charge in [-0.05, 0) is 25.7 Å². The van der Waals surface area contributed by atoms with Crippen molar-refractivity contribution in [1.29, 1.82) is 0 Å². The number of carboxylic acids is 1. The standard InChI is InChI=1S/C13H19N3O3/c1-9-4-3-5-15(8-9)11-6-12(17)16(14-7-11)10(2)13(18)19/h6-7,9-10H,3-5,8H2,1-2H3,(H,18,19). The lowest BCUT2D eigenvalue weighted by Gasteiger charge is -2.32. The molecule has 2 heterocycles.